The highest BCUT2D eigenvalue weighted by Crippen LogP contribution is 2.31. The molecule has 3 rings (SSSR count). The number of benzene rings is 1. The van der Waals surface area contributed by atoms with Crippen LogP contribution in [0.3, 0.4) is 0 Å². The highest BCUT2D eigenvalue weighted by atomic mass is 32.2. The maximum atomic E-state index is 13.0. The van der Waals surface area contributed by atoms with E-state index in [2.05, 4.69) is 9.97 Å². The van der Waals surface area contributed by atoms with Crippen molar-refractivity contribution in [1.29, 1.82) is 0 Å². The molecule has 9 heteroatoms. The molecular weight excluding hydrogens is 344 g/mol. The van der Waals surface area contributed by atoms with Crippen LogP contribution in [0.15, 0.2) is 41.6 Å². The monoisotopic (exact) mass is 364 g/mol. The topological polar surface area (TPSA) is 84.9 Å². The lowest BCUT2D eigenvalue weighted by atomic mass is 10.3. The first kappa shape index (κ1) is 17.4. The average molecular weight is 364 g/mol. The van der Waals surface area contributed by atoms with Crippen molar-refractivity contribution in [2.45, 2.75) is 4.90 Å². The number of ether oxygens (including phenoxy) is 2. The van der Waals surface area contributed by atoms with Crippen molar-refractivity contribution in [1.82, 2.24) is 14.3 Å². The molecule has 1 aromatic carbocycles. The molecule has 0 bridgehead atoms. The van der Waals surface area contributed by atoms with Gasteiger partial charge in [0.2, 0.25) is 16.0 Å². The van der Waals surface area contributed by atoms with Crippen LogP contribution in [-0.4, -0.2) is 63.1 Å². The van der Waals surface area contributed by atoms with E-state index in [1.807, 2.05) is 4.90 Å². The zero-order valence-corrected chi connectivity index (χ0v) is 14.9. The molecule has 0 radical (unpaired) electrons. The van der Waals surface area contributed by atoms with Crippen LogP contribution in [0.2, 0.25) is 0 Å². The Morgan fingerprint density at radius 3 is 2.28 bits per heavy atom. The van der Waals surface area contributed by atoms with Crippen LogP contribution in [0.4, 0.5) is 5.95 Å². The van der Waals surface area contributed by atoms with Crippen molar-refractivity contribution in [2.24, 2.45) is 0 Å². The van der Waals surface area contributed by atoms with E-state index in [1.54, 1.807) is 30.6 Å². The molecule has 0 aliphatic carbocycles. The minimum Gasteiger partial charge on any atom is -0.497 e. The standard InChI is InChI=1S/C16H20N4O4S/c1-23-13-4-5-15(14(12-13)24-2)25(21,22)20-10-8-19(9-11-20)16-17-6-3-7-18-16/h3-7,12H,8-11H2,1-2H3. The second-order valence-electron chi connectivity index (χ2n) is 5.46. The summed E-state index contributed by atoms with van der Waals surface area (Å²) in [5.74, 6) is 1.43. The van der Waals surface area contributed by atoms with Crippen molar-refractivity contribution in [3.05, 3.63) is 36.7 Å². The molecule has 0 amide bonds. The predicted molar refractivity (Wildman–Crippen MR) is 92.5 cm³/mol. The molecule has 1 aliphatic heterocycles. The SMILES string of the molecule is COc1ccc(S(=O)(=O)N2CCN(c3ncccn3)CC2)c(OC)c1. The van der Waals surface area contributed by atoms with Gasteiger partial charge in [0.1, 0.15) is 16.4 Å². The Balaban J connectivity index is 1.78. The third-order valence-electron chi connectivity index (χ3n) is 4.06. The van der Waals surface area contributed by atoms with Crippen LogP contribution in [0.1, 0.15) is 0 Å². The maximum Gasteiger partial charge on any atom is 0.246 e. The number of piperazine rings is 1. The molecule has 0 atom stereocenters. The summed E-state index contributed by atoms with van der Waals surface area (Å²) >= 11 is 0. The summed E-state index contributed by atoms with van der Waals surface area (Å²) in [6.45, 7) is 1.77. The molecule has 8 nitrogen and oxygen atoms in total. The van der Waals surface area contributed by atoms with Crippen LogP contribution in [0.25, 0.3) is 0 Å². The van der Waals surface area contributed by atoms with Crippen molar-refractivity contribution >= 4 is 16.0 Å². The third-order valence-corrected chi connectivity index (χ3v) is 6.00. The molecule has 0 spiro atoms. The first-order chi connectivity index (χ1) is 12.1. The molecule has 1 aliphatic rings. The smallest absolute Gasteiger partial charge is 0.246 e. The number of anilines is 1. The summed E-state index contributed by atoms with van der Waals surface area (Å²) in [5.41, 5.74) is 0. The molecule has 1 aromatic heterocycles. The van der Waals surface area contributed by atoms with Crippen molar-refractivity contribution < 1.29 is 17.9 Å². The number of hydrogen-bond donors (Lipinski definition) is 0. The predicted octanol–water partition coefficient (Wildman–Crippen LogP) is 1.00. The molecule has 0 N–H and O–H groups in total. The summed E-state index contributed by atoms with van der Waals surface area (Å²) in [5, 5.41) is 0. The summed E-state index contributed by atoms with van der Waals surface area (Å²) in [4.78, 5) is 10.5. The number of aromatic nitrogens is 2. The van der Waals surface area contributed by atoms with Gasteiger partial charge in [0.05, 0.1) is 14.2 Å². The van der Waals surface area contributed by atoms with Gasteiger partial charge in [-0.25, -0.2) is 18.4 Å². The second kappa shape index (κ2) is 7.24. The van der Waals surface area contributed by atoms with E-state index in [1.165, 1.54) is 24.6 Å². The quantitative estimate of drug-likeness (QED) is 0.782. The van der Waals surface area contributed by atoms with E-state index in [9.17, 15) is 8.42 Å². The number of rotatable bonds is 5. The highest BCUT2D eigenvalue weighted by Gasteiger charge is 2.31. The first-order valence-corrected chi connectivity index (χ1v) is 9.24. The Morgan fingerprint density at radius 2 is 1.68 bits per heavy atom. The molecule has 134 valence electrons. The third kappa shape index (κ3) is 3.52. The van der Waals surface area contributed by atoms with Gasteiger partial charge in [0.25, 0.3) is 0 Å². The molecule has 25 heavy (non-hydrogen) atoms. The summed E-state index contributed by atoms with van der Waals surface area (Å²) in [6, 6.07) is 6.45. The molecule has 2 aromatic rings. The van der Waals surface area contributed by atoms with E-state index in [0.717, 1.165) is 0 Å². The largest absolute Gasteiger partial charge is 0.497 e. The molecule has 1 fully saturated rings. The van der Waals surface area contributed by atoms with Gasteiger partial charge in [0.15, 0.2) is 0 Å². The van der Waals surface area contributed by atoms with Gasteiger partial charge < -0.3 is 14.4 Å². The summed E-state index contributed by atoms with van der Waals surface area (Å²) < 4.78 is 37.7. The Kier molecular flexibility index (Phi) is 5.05. The number of hydrogen-bond acceptors (Lipinski definition) is 7. The fourth-order valence-corrected chi connectivity index (χ4v) is 4.27. The zero-order chi connectivity index (χ0) is 17.9. The van der Waals surface area contributed by atoms with Gasteiger partial charge in [-0.3, -0.25) is 0 Å². The molecule has 0 unspecified atom stereocenters. The van der Waals surface area contributed by atoms with Crippen molar-refractivity contribution in [3.8, 4) is 11.5 Å². The van der Waals surface area contributed by atoms with Crippen LogP contribution in [-0.2, 0) is 10.0 Å². The van der Waals surface area contributed by atoms with E-state index < -0.39 is 10.0 Å². The minimum absolute atomic E-state index is 0.139. The highest BCUT2D eigenvalue weighted by molar-refractivity contribution is 7.89. The zero-order valence-electron chi connectivity index (χ0n) is 14.1. The Labute approximate surface area is 147 Å². The number of methoxy groups -OCH3 is 2. The normalized spacial score (nSPS) is 15.8. The molecule has 2 heterocycles. The fourth-order valence-electron chi connectivity index (χ4n) is 2.71. The maximum absolute atomic E-state index is 13.0. The van der Waals surface area contributed by atoms with Gasteiger partial charge in [0, 0.05) is 44.6 Å². The minimum atomic E-state index is -3.65. The van der Waals surface area contributed by atoms with Crippen LogP contribution >= 0.6 is 0 Å². The molecule has 1 saturated heterocycles. The lowest BCUT2D eigenvalue weighted by Crippen LogP contribution is -2.49. The average Bonchev–Trinajstić information content (AvgIpc) is 2.68. The van der Waals surface area contributed by atoms with Gasteiger partial charge in [-0.1, -0.05) is 0 Å². The fraction of sp³-hybridized carbons (Fsp3) is 0.375. The van der Waals surface area contributed by atoms with E-state index in [-0.39, 0.29) is 10.6 Å². The first-order valence-electron chi connectivity index (χ1n) is 7.80. The summed E-state index contributed by atoms with van der Waals surface area (Å²) in [6.07, 6.45) is 3.35. The Bertz CT molecular complexity index is 821. The Morgan fingerprint density at radius 1 is 1.00 bits per heavy atom. The van der Waals surface area contributed by atoms with Crippen LogP contribution in [0.5, 0.6) is 11.5 Å². The lowest BCUT2D eigenvalue weighted by Gasteiger charge is -2.34. The van der Waals surface area contributed by atoms with Gasteiger partial charge in [-0.05, 0) is 18.2 Å². The lowest BCUT2D eigenvalue weighted by molar-refractivity contribution is 0.369. The van der Waals surface area contributed by atoms with Crippen molar-refractivity contribution in [3.63, 3.8) is 0 Å². The van der Waals surface area contributed by atoms with Gasteiger partial charge >= 0.3 is 0 Å². The van der Waals surface area contributed by atoms with Crippen LogP contribution in [0, 0.1) is 0 Å². The van der Waals surface area contributed by atoms with E-state index in [0.29, 0.717) is 37.9 Å². The number of nitrogens with zero attached hydrogens (tertiary/aromatic N) is 4. The Hall–Kier alpha value is -2.39. The van der Waals surface area contributed by atoms with E-state index in [4.69, 9.17) is 9.47 Å². The van der Waals surface area contributed by atoms with Gasteiger partial charge in [-0.15, -0.1) is 0 Å². The second-order valence-corrected chi connectivity index (χ2v) is 7.36. The van der Waals surface area contributed by atoms with E-state index >= 15 is 0 Å². The molecule has 0 saturated carbocycles. The van der Waals surface area contributed by atoms with Gasteiger partial charge in [-0.2, -0.15) is 4.31 Å². The number of sulfonamides is 1. The van der Waals surface area contributed by atoms with Crippen molar-refractivity contribution in [2.75, 3.05) is 45.3 Å². The molecular formula is C16H20N4O4S. The summed E-state index contributed by atoms with van der Waals surface area (Å²) in [7, 11) is -0.686. The van der Waals surface area contributed by atoms with Crippen LogP contribution < -0.4 is 14.4 Å².